The number of anilines is 1. The van der Waals surface area contributed by atoms with Crippen molar-refractivity contribution in [3.63, 3.8) is 0 Å². The van der Waals surface area contributed by atoms with Gasteiger partial charge < -0.3 is 34.7 Å². The second kappa shape index (κ2) is 12.8. The Hall–Kier alpha value is -3.98. The van der Waals surface area contributed by atoms with Crippen LogP contribution in [0.1, 0.15) is 68.3 Å². The fourth-order valence-corrected chi connectivity index (χ4v) is 13.1. The minimum atomic E-state index is -2.31. The molecule has 1 spiro atoms. The molecule has 2 saturated heterocycles. The Kier molecular flexibility index (Phi) is 8.56. The first-order valence-corrected chi connectivity index (χ1v) is 20.3. The highest BCUT2D eigenvalue weighted by atomic mass is 16.5. The number of aromatic amines is 1. The molecule has 0 radical (unpaired) electrons. The number of amides is 1. The molecule has 5 aliphatic heterocycles. The number of likely N-dealkylation sites (N-methyl/N-ethyl adjacent to an activating group) is 1. The van der Waals surface area contributed by atoms with Gasteiger partial charge in [-0.2, -0.15) is 0 Å². The van der Waals surface area contributed by atoms with Crippen LogP contribution in [0.2, 0.25) is 0 Å². The summed E-state index contributed by atoms with van der Waals surface area (Å²) < 4.78 is 12.2. The molecule has 1 amide bonds. The lowest BCUT2D eigenvalue weighted by Crippen LogP contribution is -2.82. The summed E-state index contributed by atoms with van der Waals surface area (Å²) in [6.45, 7) is 7.36. The molecular formula is C43H56N6O7. The number of methoxy groups -OCH3 is 2. The zero-order valence-corrected chi connectivity index (χ0v) is 33.1. The minimum absolute atomic E-state index is 0.0851. The number of nitrogens with zero attached hydrogens (tertiary/aromatic N) is 3. The monoisotopic (exact) mass is 768 g/mol. The summed E-state index contributed by atoms with van der Waals surface area (Å²) in [7, 11) is 4.89. The van der Waals surface area contributed by atoms with E-state index in [1.54, 1.807) is 7.11 Å². The van der Waals surface area contributed by atoms with Crippen LogP contribution in [0, 0.1) is 11.3 Å². The summed E-state index contributed by atoms with van der Waals surface area (Å²) in [5, 5.41) is 38.3. The Labute approximate surface area is 327 Å². The maximum atomic E-state index is 15.2. The van der Waals surface area contributed by atoms with E-state index in [-0.39, 0.29) is 12.0 Å². The number of esters is 1. The second-order valence-electron chi connectivity index (χ2n) is 17.6. The van der Waals surface area contributed by atoms with Gasteiger partial charge in [0.15, 0.2) is 5.60 Å². The van der Waals surface area contributed by atoms with E-state index in [0.717, 1.165) is 40.0 Å². The van der Waals surface area contributed by atoms with Crippen molar-refractivity contribution < 1.29 is 34.4 Å². The van der Waals surface area contributed by atoms with Crippen LogP contribution in [0.25, 0.3) is 10.9 Å². The highest BCUT2D eigenvalue weighted by Crippen LogP contribution is 2.67. The number of benzene rings is 2. The average Bonchev–Trinajstić information content (AvgIpc) is 3.87. The van der Waals surface area contributed by atoms with Crippen molar-refractivity contribution in [1.82, 2.24) is 20.2 Å². The molecule has 56 heavy (non-hydrogen) atoms. The van der Waals surface area contributed by atoms with E-state index < -0.39 is 51.5 Å². The Balaban J connectivity index is 1.36. The van der Waals surface area contributed by atoms with Crippen molar-refractivity contribution >= 4 is 28.5 Å². The third kappa shape index (κ3) is 4.58. The number of para-hydroxylation sites is 1. The van der Waals surface area contributed by atoms with Crippen molar-refractivity contribution in [3.8, 4) is 5.75 Å². The minimum Gasteiger partial charge on any atom is -0.496 e. The number of nitrogens with one attached hydrogen (secondary N) is 2. The molecule has 4 unspecified atom stereocenters. The van der Waals surface area contributed by atoms with Crippen LogP contribution < -0.4 is 20.9 Å². The lowest BCUT2D eigenvalue weighted by atomic mass is 9.47. The lowest BCUT2D eigenvalue weighted by molar-refractivity contribution is -0.203. The van der Waals surface area contributed by atoms with Crippen LogP contribution in [0.5, 0.6) is 5.75 Å². The van der Waals surface area contributed by atoms with Crippen molar-refractivity contribution in [2.24, 2.45) is 17.2 Å². The first kappa shape index (κ1) is 37.6. The number of H-pyrrole nitrogens is 1. The van der Waals surface area contributed by atoms with Gasteiger partial charge >= 0.3 is 5.97 Å². The number of rotatable bonds is 6. The molecule has 1 saturated carbocycles. The number of piperidine rings is 1. The summed E-state index contributed by atoms with van der Waals surface area (Å²) >= 11 is 0. The third-order valence-corrected chi connectivity index (χ3v) is 15.3. The number of aliphatic hydroxyl groups is 3. The number of hydrazine groups is 1. The molecule has 300 valence electrons. The first-order chi connectivity index (χ1) is 26.8. The van der Waals surface area contributed by atoms with E-state index in [4.69, 9.17) is 15.3 Å². The molecule has 6 aliphatic rings. The largest absolute Gasteiger partial charge is 0.496 e. The Bertz CT molecular complexity index is 2140. The van der Waals surface area contributed by atoms with E-state index in [9.17, 15) is 20.1 Å². The van der Waals surface area contributed by atoms with Crippen LogP contribution in [-0.4, -0.2) is 125 Å². The number of ether oxygens (including phenoxy) is 2. The predicted octanol–water partition coefficient (Wildman–Crippen LogP) is 2.24. The van der Waals surface area contributed by atoms with Crippen molar-refractivity contribution in [1.29, 1.82) is 0 Å². The van der Waals surface area contributed by atoms with E-state index in [2.05, 4.69) is 32.3 Å². The second-order valence-corrected chi connectivity index (χ2v) is 17.6. The van der Waals surface area contributed by atoms with Gasteiger partial charge in [-0.15, -0.1) is 0 Å². The maximum Gasteiger partial charge on any atom is 0.322 e. The Morgan fingerprint density at radius 3 is 2.55 bits per heavy atom. The molecule has 7 N–H and O–H groups in total. The van der Waals surface area contributed by atoms with Gasteiger partial charge in [0.05, 0.1) is 25.9 Å². The van der Waals surface area contributed by atoms with E-state index >= 15 is 4.79 Å². The van der Waals surface area contributed by atoms with Gasteiger partial charge in [-0.05, 0) is 74.2 Å². The highest BCUT2D eigenvalue weighted by Gasteiger charge is 2.78. The SMILES string of the molecule is CC[C@]1(O)CC2CN(CCc3c([nH]c4ccccc34)[C@@](C(=O)OC)(c3cc4c(cc3OC)N(C)C3C45CCN4CC=C[C@](CC)([C@H]45)[C@@H](O)[C@]3(O)C(=O)NN)C2)C1. The van der Waals surface area contributed by atoms with Gasteiger partial charge in [0.2, 0.25) is 0 Å². The van der Waals surface area contributed by atoms with Crippen molar-refractivity contribution in [3.05, 3.63) is 70.9 Å². The molecule has 10 atom stereocenters. The number of aromatic nitrogens is 1. The van der Waals surface area contributed by atoms with Crippen molar-refractivity contribution in [2.45, 2.75) is 92.6 Å². The summed E-state index contributed by atoms with van der Waals surface area (Å²) in [5.41, 5.74) is 0.683. The van der Waals surface area contributed by atoms with Crippen LogP contribution in [-0.2, 0) is 31.6 Å². The molecule has 2 aromatic carbocycles. The molecule has 2 bridgehead atoms. The van der Waals surface area contributed by atoms with Crippen LogP contribution in [0.15, 0.2) is 48.6 Å². The van der Waals surface area contributed by atoms with Gasteiger partial charge in [-0.25, -0.2) is 5.84 Å². The molecule has 13 nitrogen and oxygen atoms in total. The molecule has 1 aromatic heterocycles. The number of carbonyl (C=O) groups excluding carboxylic acids is 2. The Morgan fingerprint density at radius 2 is 1.84 bits per heavy atom. The number of fused-ring (bicyclic) bond motifs is 6. The zero-order chi connectivity index (χ0) is 39.6. The van der Waals surface area contributed by atoms with Gasteiger partial charge in [0, 0.05) is 84.0 Å². The summed E-state index contributed by atoms with van der Waals surface area (Å²) in [5.74, 6) is 4.94. The van der Waals surface area contributed by atoms with Crippen LogP contribution >= 0.6 is 0 Å². The lowest BCUT2D eigenvalue weighted by Gasteiger charge is -2.63. The molecular weight excluding hydrogens is 713 g/mol. The molecule has 9 rings (SSSR count). The molecule has 13 heteroatoms. The van der Waals surface area contributed by atoms with E-state index in [1.165, 1.54) is 7.11 Å². The quantitative estimate of drug-likeness (QED) is 0.0714. The molecule has 1 aliphatic carbocycles. The number of hydrogen-bond donors (Lipinski definition) is 6. The topological polar surface area (TPSA) is 177 Å². The fraction of sp³-hybridized carbons (Fsp3) is 0.581. The number of hydrogen-bond acceptors (Lipinski definition) is 11. The van der Waals surface area contributed by atoms with Gasteiger partial charge in [-0.3, -0.25) is 24.8 Å². The van der Waals surface area contributed by atoms with E-state index in [0.29, 0.717) is 76.0 Å². The Morgan fingerprint density at radius 1 is 1.05 bits per heavy atom. The van der Waals surface area contributed by atoms with Gasteiger partial charge in [0.1, 0.15) is 17.3 Å². The maximum absolute atomic E-state index is 15.2. The fourth-order valence-electron chi connectivity index (χ4n) is 13.1. The molecule has 3 aromatic rings. The summed E-state index contributed by atoms with van der Waals surface area (Å²) in [6.07, 6.45) is 5.73. The van der Waals surface area contributed by atoms with Crippen LogP contribution in [0.4, 0.5) is 5.69 Å². The zero-order valence-electron chi connectivity index (χ0n) is 33.1. The average molecular weight is 769 g/mol. The molecule has 3 fully saturated rings. The van der Waals surface area contributed by atoms with E-state index in [1.807, 2.05) is 62.2 Å². The smallest absolute Gasteiger partial charge is 0.322 e. The highest BCUT2D eigenvalue weighted by molar-refractivity contribution is 5.95. The normalized spacial score (nSPS) is 38.4. The standard InChI is InChI=1S/C43H56N6O7/c1-6-39(53)21-25-22-42(38(52)56-5,33-27(13-17-48(23-25)24-39)26-11-8-9-12-30(26)45-33)29-19-28-31(20-32(29)55-4)47(3)35-41(28)15-18-49-16-10-14-40(7-2,34(41)49)36(50)43(35,54)37(51)46-44/h8-12,14,19-20,25,34-36,45,50,53-54H,6-7,13,15-18,21-24,44H2,1-5H3,(H,46,51)/t25?,34-,35?,36+,39-,40+,41?,42-,43-/m0/s1. The molecule has 6 heterocycles. The predicted molar refractivity (Wildman–Crippen MR) is 211 cm³/mol. The van der Waals surface area contributed by atoms with Crippen LogP contribution in [0.3, 0.4) is 0 Å². The van der Waals surface area contributed by atoms with Crippen molar-refractivity contribution in [2.75, 3.05) is 58.9 Å². The first-order valence-electron chi connectivity index (χ1n) is 20.3. The summed E-state index contributed by atoms with van der Waals surface area (Å²) in [4.78, 5) is 39.7. The number of aliphatic hydroxyl groups excluding tert-OH is 1. The van der Waals surface area contributed by atoms with Gasteiger partial charge in [0.25, 0.3) is 5.91 Å². The number of carbonyl (C=O) groups is 2. The third-order valence-electron chi connectivity index (χ3n) is 15.3. The number of nitrogens with two attached hydrogens (primary N) is 1. The van der Waals surface area contributed by atoms with Gasteiger partial charge in [-0.1, -0.05) is 44.2 Å². The summed E-state index contributed by atoms with van der Waals surface area (Å²) in [6, 6.07) is 11.0.